The van der Waals surface area contributed by atoms with E-state index in [-0.39, 0.29) is 17.5 Å². The monoisotopic (exact) mass is 490 g/mol. The number of benzene rings is 2. The summed E-state index contributed by atoms with van der Waals surface area (Å²) in [5.41, 5.74) is 2.79. The van der Waals surface area contributed by atoms with Crippen molar-refractivity contribution in [3.8, 4) is 12.3 Å². The summed E-state index contributed by atoms with van der Waals surface area (Å²) < 4.78 is 28.2. The van der Waals surface area contributed by atoms with Gasteiger partial charge < -0.3 is 15.5 Å². The average molecular weight is 491 g/mol. The van der Waals surface area contributed by atoms with Crippen molar-refractivity contribution in [1.82, 2.24) is 19.2 Å². The van der Waals surface area contributed by atoms with E-state index in [1.165, 1.54) is 9.87 Å². The normalized spacial score (nSPS) is 15.0. The Bertz CT molecular complexity index is 1280. The molecule has 8 nitrogen and oxygen atoms in total. The van der Waals surface area contributed by atoms with Crippen LogP contribution >= 0.6 is 0 Å². The quantitative estimate of drug-likeness (QED) is 0.462. The van der Waals surface area contributed by atoms with Crippen LogP contribution in [0.15, 0.2) is 65.7 Å². The molecule has 0 unspecified atom stereocenters. The average Bonchev–Trinajstić information content (AvgIpc) is 2.85. The smallest absolute Gasteiger partial charge is 0.244 e. The number of piperidine rings is 1. The lowest BCUT2D eigenvalue weighted by Crippen LogP contribution is -2.46. The Balaban J connectivity index is 1.46. The number of sulfonamides is 1. The molecule has 4 rings (SSSR count). The van der Waals surface area contributed by atoms with Crippen molar-refractivity contribution in [3.63, 3.8) is 0 Å². The van der Waals surface area contributed by atoms with Gasteiger partial charge in [-0.3, -0.25) is 0 Å². The van der Waals surface area contributed by atoms with Crippen molar-refractivity contribution in [1.29, 1.82) is 0 Å². The molecule has 2 N–H and O–H groups in total. The van der Waals surface area contributed by atoms with Gasteiger partial charge in [0.25, 0.3) is 0 Å². The van der Waals surface area contributed by atoms with Crippen LogP contribution in [0, 0.1) is 19.3 Å². The number of aryl methyl sites for hydroxylation is 1. The van der Waals surface area contributed by atoms with Crippen LogP contribution in [0.1, 0.15) is 18.4 Å². The molecule has 0 amide bonds. The van der Waals surface area contributed by atoms with Crippen LogP contribution in [-0.2, 0) is 10.0 Å². The van der Waals surface area contributed by atoms with Crippen LogP contribution in [-0.4, -0.2) is 60.3 Å². The highest BCUT2D eigenvalue weighted by atomic mass is 32.2. The molecule has 9 heteroatoms. The van der Waals surface area contributed by atoms with Crippen LogP contribution in [0.3, 0.4) is 0 Å². The van der Waals surface area contributed by atoms with Crippen molar-refractivity contribution in [2.75, 3.05) is 37.3 Å². The molecule has 1 saturated heterocycles. The number of hydrogen-bond acceptors (Lipinski definition) is 7. The Kier molecular flexibility index (Phi) is 7.66. The van der Waals surface area contributed by atoms with Gasteiger partial charge in [-0.15, -0.1) is 6.42 Å². The molecule has 1 aromatic heterocycles. The lowest BCUT2D eigenvalue weighted by Gasteiger charge is -2.35. The Labute approximate surface area is 207 Å². The maximum Gasteiger partial charge on any atom is 0.244 e. The summed E-state index contributed by atoms with van der Waals surface area (Å²) in [4.78, 5) is 11.2. The van der Waals surface area contributed by atoms with E-state index in [1.54, 1.807) is 36.5 Å². The highest BCUT2D eigenvalue weighted by molar-refractivity contribution is 7.89. The highest BCUT2D eigenvalue weighted by Gasteiger charge is 2.32. The summed E-state index contributed by atoms with van der Waals surface area (Å²) in [5, 5.41) is 6.38. The first-order valence-corrected chi connectivity index (χ1v) is 13.0. The molecule has 0 saturated carbocycles. The van der Waals surface area contributed by atoms with Gasteiger partial charge in [0.05, 0.1) is 11.4 Å². The third-order valence-electron chi connectivity index (χ3n) is 6.04. The number of nitrogens with zero attached hydrogens (tertiary/aromatic N) is 4. The number of aromatic nitrogens is 2. The molecule has 0 spiro atoms. The summed E-state index contributed by atoms with van der Waals surface area (Å²) in [5.74, 6) is 3.57. The van der Waals surface area contributed by atoms with Gasteiger partial charge in [0.1, 0.15) is 5.82 Å². The van der Waals surface area contributed by atoms with Gasteiger partial charge in [-0.25, -0.2) is 13.4 Å². The van der Waals surface area contributed by atoms with Crippen LogP contribution < -0.4 is 10.6 Å². The maximum absolute atomic E-state index is 13.4. The van der Waals surface area contributed by atoms with E-state index in [1.807, 2.05) is 38.2 Å². The van der Waals surface area contributed by atoms with Crippen molar-refractivity contribution < 1.29 is 8.42 Å². The largest absolute Gasteiger partial charge is 0.340 e. The van der Waals surface area contributed by atoms with Gasteiger partial charge in [0.15, 0.2) is 0 Å². The predicted octanol–water partition coefficient (Wildman–Crippen LogP) is 3.99. The van der Waals surface area contributed by atoms with E-state index in [4.69, 9.17) is 6.42 Å². The lowest BCUT2D eigenvalue weighted by atomic mass is 10.1. The van der Waals surface area contributed by atoms with Crippen LogP contribution in [0.5, 0.6) is 0 Å². The molecule has 1 aliphatic heterocycles. The Morgan fingerprint density at radius 2 is 1.66 bits per heavy atom. The van der Waals surface area contributed by atoms with Crippen LogP contribution in [0.25, 0.3) is 0 Å². The van der Waals surface area contributed by atoms with Gasteiger partial charge in [-0.1, -0.05) is 23.6 Å². The van der Waals surface area contributed by atoms with Crippen molar-refractivity contribution in [3.05, 3.63) is 66.4 Å². The fourth-order valence-corrected chi connectivity index (χ4v) is 5.63. The summed E-state index contributed by atoms with van der Waals surface area (Å²) in [6, 6.07) is 16.3. The molecular weight excluding hydrogens is 460 g/mol. The molecule has 182 valence electrons. The Hall–Kier alpha value is -3.45. The van der Waals surface area contributed by atoms with E-state index in [0.29, 0.717) is 17.5 Å². The molecular formula is C26H30N6O2S. The minimum Gasteiger partial charge on any atom is -0.340 e. The second kappa shape index (κ2) is 10.9. The molecule has 0 atom stereocenters. The van der Waals surface area contributed by atoms with Gasteiger partial charge in [-0.05, 0) is 82.4 Å². The summed E-state index contributed by atoms with van der Waals surface area (Å²) in [7, 11) is -1.67. The minimum absolute atomic E-state index is 0.0608. The number of nitrogens with one attached hydrogen (secondary N) is 2. The maximum atomic E-state index is 13.4. The zero-order valence-corrected chi connectivity index (χ0v) is 20.8. The first-order chi connectivity index (χ1) is 16.8. The highest BCUT2D eigenvalue weighted by Crippen LogP contribution is 2.25. The number of anilines is 4. The van der Waals surface area contributed by atoms with E-state index in [9.17, 15) is 8.42 Å². The second-order valence-electron chi connectivity index (χ2n) is 8.69. The Morgan fingerprint density at radius 3 is 2.31 bits per heavy atom. The fourth-order valence-electron chi connectivity index (χ4n) is 4.03. The zero-order chi connectivity index (χ0) is 24.8. The summed E-state index contributed by atoms with van der Waals surface area (Å²) >= 11 is 0. The first kappa shape index (κ1) is 24.7. The summed E-state index contributed by atoms with van der Waals surface area (Å²) in [6.45, 7) is 3.80. The van der Waals surface area contributed by atoms with Crippen LogP contribution in [0.2, 0.25) is 0 Å². The van der Waals surface area contributed by atoms with Gasteiger partial charge >= 0.3 is 0 Å². The van der Waals surface area contributed by atoms with E-state index in [2.05, 4.69) is 31.4 Å². The molecule has 35 heavy (non-hydrogen) atoms. The Morgan fingerprint density at radius 1 is 1.03 bits per heavy atom. The molecule has 1 aliphatic rings. The standard InChI is InChI=1S/C26H30N6O2S/c1-4-17-32(23-14-18-31(3)19-15-23)35(33,34)24-11-9-22(10-12-24)29-26-27-16-13-25(30-26)28-21-7-5-20(2)6-8-21/h1,5-13,16,23H,14-15,17-19H2,2-3H3,(H2,27,28,29,30). The molecule has 0 bridgehead atoms. The second-order valence-corrected chi connectivity index (χ2v) is 10.6. The number of terminal acetylenes is 1. The number of rotatable bonds is 8. The fraction of sp³-hybridized carbons (Fsp3) is 0.308. The molecule has 1 fully saturated rings. The number of likely N-dealkylation sites (tertiary alicyclic amines) is 1. The van der Waals surface area contributed by atoms with E-state index >= 15 is 0 Å². The van der Waals surface area contributed by atoms with Gasteiger partial charge in [0.2, 0.25) is 16.0 Å². The number of hydrogen-bond donors (Lipinski definition) is 2. The minimum atomic E-state index is -3.71. The SMILES string of the molecule is C#CCN(C1CCN(C)CC1)S(=O)(=O)c1ccc(Nc2nccc(Nc3ccc(C)cc3)n2)cc1. The van der Waals surface area contributed by atoms with E-state index < -0.39 is 10.0 Å². The predicted molar refractivity (Wildman–Crippen MR) is 139 cm³/mol. The van der Waals surface area contributed by atoms with Gasteiger partial charge in [-0.2, -0.15) is 9.29 Å². The molecule has 0 radical (unpaired) electrons. The lowest BCUT2D eigenvalue weighted by molar-refractivity contribution is 0.191. The van der Waals surface area contributed by atoms with Gasteiger partial charge in [0, 0.05) is 23.6 Å². The van der Waals surface area contributed by atoms with E-state index in [0.717, 1.165) is 31.6 Å². The van der Waals surface area contributed by atoms with Crippen LogP contribution in [0.4, 0.5) is 23.1 Å². The molecule has 2 aromatic carbocycles. The molecule has 3 aromatic rings. The van der Waals surface area contributed by atoms with Crippen molar-refractivity contribution >= 4 is 33.2 Å². The summed E-state index contributed by atoms with van der Waals surface area (Å²) in [6.07, 6.45) is 8.71. The molecule has 2 heterocycles. The zero-order valence-electron chi connectivity index (χ0n) is 20.0. The third kappa shape index (κ3) is 6.17. The third-order valence-corrected chi connectivity index (χ3v) is 7.95. The van der Waals surface area contributed by atoms with Crippen molar-refractivity contribution in [2.24, 2.45) is 0 Å². The first-order valence-electron chi connectivity index (χ1n) is 11.5. The molecule has 0 aliphatic carbocycles. The van der Waals surface area contributed by atoms with Crippen molar-refractivity contribution in [2.45, 2.75) is 30.7 Å². The topological polar surface area (TPSA) is 90.5 Å².